The predicted molar refractivity (Wildman–Crippen MR) is 121 cm³/mol. The molecule has 1 aliphatic rings. The molecule has 0 atom stereocenters. The molecule has 0 spiro atoms. The summed E-state index contributed by atoms with van der Waals surface area (Å²) in [6, 6.07) is 8.45. The van der Waals surface area contributed by atoms with Crippen molar-refractivity contribution in [1.29, 1.82) is 0 Å². The molecule has 0 bridgehead atoms. The molecule has 1 aliphatic heterocycles. The number of aromatic nitrogens is 3. The molecule has 1 amide bonds. The highest BCUT2D eigenvalue weighted by molar-refractivity contribution is 7.93. The zero-order chi connectivity index (χ0) is 22.2. The summed E-state index contributed by atoms with van der Waals surface area (Å²) in [5.41, 5.74) is 2.25. The van der Waals surface area contributed by atoms with Crippen molar-refractivity contribution >= 4 is 50.6 Å². The molecule has 1 saturated heterocycles. The number of sulfonamides is 1. The molecular weight excluding hydrogens is 461 g/mol. The number of rotatable bonds is 5. The minimum atomic E-state index is -3.43. The first-order chi connectivity index (χ1) is 14.8. The monoisotopic (exact) mass is 479 g/mol. The summed E-state index contributed by atoms with van der Waals surface area (Å²) in [4.78, 5) is 17.0. The highest BCUT2D eigenvalue weighted by atomic mass is 35.5. The summed E-state index contributed by atoms with van der Waals surface area (Å²) in [7, 11) is -3.43. The van der Waals surface area contributed by atoms with E-state index in [2.05, 4.69) is 15.4 Å². The highest BCUT2D eigenvalue weighted by Crippen LogP contribution is 2.29. The van der Waals surface area contributed by atoms with Crippen LogP contribution in [0.3, 0.4) is 0 Å². The number of benzene rings is 1. The maximum atomic E-state index is 12.9. The normalized spacial score (nSPS) is 15.3. The lowest BCUT2D eigenvalue weighted by Crippen LogP contribution is -2.26. The van der Waals surface area contributed by atoms with E-state index >= 15 is 0 Å². The van der Waals surface area contributed by atoms with Crippen LogP contribution in [0.15, 0.2) is 42.7 Å². The van der Waals surface area contributed by atoms with Gasteiger partial charge in [-0.2, -0.15) is 5.10 Å². The van der Waals surface area contributed by atoms with Crippen LogP contribution in [0, 0.1) is 0 Å². The topological polar surface area (TPSA) is 97.2 Å². The molecule has 0 aliphatic carbocycles. The van der Waals surface area contributed by atoms with Crippen molar-refractivity contribution in [3.63, 3.8) is 0 Å². The number of halogens is 2. The average molecular weight is 480 g/mol. The number of carbonyl (C=O) groups is 1. The van der Waals surface area contributed by atoms with E-state index in [1.165, 1.54) is 16.6 Å². The van der Waals surface area contributed by atoms with Gasteiger partial charge in [-0.1, -0.05) is 23.2 Å². The van der Waals surface area contributed by atoms with E-state index in [1.54, 1.807) is 24.4 Å². The summed E-state index contributed by atoms with van der Waals surface area (Å²) < 4.78 is 27.4. The molecule has 0 saturated carbocycles. The zero-order valence-corrected chi connectivity index (χ0v) is 18.9. The van der Waals surface area contributed by atoms with Gasteiger partial charge in [-0.25, -0.2) is 13.4 Å². The van der Waals surface area contributed by atoms with E-state index in [1.807, 2.05) is 17.7 Å². The van der Waals surface area contributed by atoms with E-state index in [4.69, 9.17) is 23.2 Å². The fourth-order valence-corrected chi connectivity index (χ4v) is 5.40. The second kappa shape index (κ2) is 8.49. The number of pyridine rings is 1. The lowest BCUT2D eigenvalue weighted by molar-refractivity contribution is 0.102. The van der Waals surface area contributed by atoms with Gasteiger partial charge in [0, 0.05) is 41.8 Å². The number of carbonyl (C=O) groups excluding carboxylic acids is 1. The summed E-state index contributed by atoms with van der Waals surface area (Å²) in [6.07, 6.45) is 3.49. The maximum absolute atomic E-state index is 12.9. The third-order valence-electron chi connectivity index (χ3n) is 4.91. The van der Waals surface area contributed by atoms with Crippen LogP contribution in [0.5, 0.6) is 0 Å². The van der Waals surface area contributed by atoms with Crippen LogP contribution in [0.25, 0.3) is 11.3 Å². The van der Waals surface area contributed by atoms with E-state index < -0.39 is 15.9 Å². The van der Waals surface area contributed by atoms with Crippen LogP contribution < -0.4 is 9.62 Å². The standard InChI is InChI=1S/C20H19Cl2N5O3S/c1-2-26-18(4-5-24-26)13-8-14(21)10-15(9-13)25-20(28)16-11-19(23-12-17(16)22)27-6-3-7-31(27,29)30/h4-5,8-12H,2-3,6-7H2,1H3,(H,25,28). The highest BCUT2D eigenvalue weighted by Gasteiger charge is 2.30. The lowest BCUT2D eigenvalue weighted by Gasteiger charge is -2.17. The first-order valence-electron chi connectivity index (χ1n) is 9.58. The molecule has 3 heterocycles. The minimum Gasteiger partial charge on any atom is -0.322 e. The van der Waals surface area contributed by atoms with Crippen molar-refractivity contribution in [1.82, 2.24) is 14.8 Å². The average Bonchev–Trinajstić information content (AvgIpc) is 3.33. The Labute approximate surface area is 189 Å². The van der Waals surface area contributed by atoms with Crippen LogP contribution >= 0.6 is 23.2 Å². The van der Waals surface area contributed by atoms with Crippen LogP contribution in [0.2, 0.25) is 10.0 Å². The fourth-order valence-electron chi connectivity index (χ4n) is 3.47. The third kappa shape index (κ3) is 4.39. The molecule has 0 radical (unpaired) electrons. The van der Waals surface area contributed by atoms with Crippen molar-refractivity contribution < 1.29 is 13.2 Å². The molecule has 4 rings (SSSR count). The number of nitrogens with zero attached hydrogens (tertiary/aromatic N) is 4. The van der Waals surface area contributed by atoms with E-state index in [-0.39, 0.29) is 22.2 Å². The van der Waals surface area contributed by atoms with E-state index in [0.29, 0.717) is 30.2 Å². The lowest BCUT2D eigenvalue weighted by atomic mass is 10.1. The van der Waals surface area contributed by atoms with E-state index in [9.17, 15) is 13.2 Å². The van der Waals surface area contributed by atoms with Gasteiger partial charge in [-0.3, -0.25) is 13.8 Å². The van der Waals surface area contributed by atoms with Gasteiger partial charge < -0.3 is 5.32 Å². The first kappa shape index (κ1) is 21.6. The number of aryl methyl sites for hydroxylation is 1. The molecular formula is C20H19Cl2N5O3S. The largest absolute Gasteiger partial charge is 0.322 e. The molecule has 1 N–H and O–H groups in total. The fraction of sp³-hybridized carbons (Fsp3) is 0.250. The Morgan fingerprint density at radius 2 is 2.03 bits per heavy atom. The molecule has 11 heteroatoms. The van der Waals surface area contributed by atoms with Crippen LogP contribution in [-0.4, -0.2) is 41.4 Å². The van der Waals surface area contributed by atoms with Gasteiger partial charge in [0.05, 0.1) is 22.0 Å². The number of hydrogen-bond acceptors (Lipinski definition) is 5. The maximum Gasteiger partial charge on any atom is 0.257 e. The number of amides is 1. The molecule has 31 heavy (non-hydrogen) atoms. The van der Waals surface area contributed by atoms with Gasteiger partial charge in [-0.05, 0) is 43.7 Å². The van der Waals surface area contributed by atoms with Gasteiger partial charge in [-0.15, -0.1) is 0 Å². The van der Waals surface area contributed by atoms with Gasteiger partial charge in [0.1, 0.15) is 5.82 Å². The van der Waals surface area contributed by atoms with Crippen LogP contribution in [0.4, 0.5) is 11.5 Å². The Bertz CT molecular complexity index is 1260. The van der Waals surface area contributed by atoms with E-state index in [0.717, 1.165) is 11.3 Å². The first-order valence-corrected chi connectivity index (χ1v) is 11.9. The van der Waals surface area contributed by atoms with Crippen molar-refractivity contribution in [2.75, 3.05) is 21.9 Å². The predicted octanol–water partition coefficient (Wildman–Crippen LogP) is 4.06. The molecule has 162 valence electrons. The van der Waals surface area contributed by atoms with Gasteiger partial charge in [0.15, 0.2) is 0 Å². The number of hydrogen-bond donors (Lipinski definition) is 1. The smallest absolute Gasteiger partial charge is 0.257 e. The zero-order valence-electron chi connectivity index (χ0n) is 16.5. The molecule has 1 aromatic carbocycles. The summed E-state index contributed by atoms with van der Waals surface area (Å²) in [6.45, 7) is 2.99. The van der Waals surface area contributed by atoms with Crippen molar-refractivity contribution in [3.05, 3.63) is 58.3 Å². The Hall–Kier alpha value is -2.62. The van der Waals surface area contributed by atoms with Gasteiger partial charge >= 0.3 is 0 Å². The molecule has 2 aromatic heterocycles. The second-order valence-corrected chi connectivity index (χ2v) is 9.84. The Morgan fingerprint density at radius 1 is 1.23 bits per heavy atom. The number of nitrogens with one attached hydrogen (secondary N) is 1. The second-order valence-electron chi connectivity index (χ2n) is 6.98. The quantitative estimate of drug-likeness (QED) is 0.594. The summed E-state index contributed by atoms with van der Waals surface area (Å²) in [5.74, 6) is -0.272. The van der Waals surface area contributed by atoms with Crippen LogP contribution in [0.1, 0.15) is 23.7 Å². The van der Waals surface area contributed by atoms with Crippen LogP contribution in [-0.2, 0) is 16.6 Å². The van der Waals surface area contributed by atoms with Gasteiger partial charge in [0.2, 0.25) is 10.0 Å². The Balaban J connectivity index is 1.64. The molecule has 8 nitrogen and oxygen atoms in total. The van der Waals surface area contributed by atoms with Gasteiger partial charge in [0.25, 0.3) is 5.91 Å². The number of anilines is 2. The molecule has 1 fully saturated rings. The summed E-state index contributed by atoms with van der Waals surface area (Å²) >= 11 is 12.5. The summed E-state index contributed by atoms with van der Waals surface area (Å²) in [5, 5.41) is 7.60. The Kier molecular flexibility index (Phi) is 5.92. The molecule has 0 unspecified atom stereocenters. The van der Waals surface area contributed by atoms with Crippen molar-refractivity contribution in [3.8, 4) is 11.3 Å². The van der Waals surface area contributed by atoms with Crippen molar-refractivity contribution in [2.24, 2.45) is 0 Å². The van der Waals surface area contributed by atoms with Crippen molar-refractivity contribution in [2.45, 2.75) is 19.9 Å². The Morgan fingerprint density at radius 3 is 2.74 bits per heavy atom. The SMILES string of the molecule is CCn1nccc1-c1cc(Cl)cc(NC(=O)c2cc(N3CCCS3(=O)=O)ncc2Cl)c1. The third-order valence-corrected chi connectivity index (χ3v) is 7.27. The minimum absolute atomic E-state index is 0.0540. The molecule has 3 aromatic rings.